The Hall–Kier alpha value is -0.740. The predicted molar refractivity (Wildman–Crippen MR) is 65.9 cm³/mol. The van der Waals surface area contributed by atoms with Gasteiger partial charge in [-0.1, -0.05) is 0 Å². The number of hydrogen-bond donors (Lipinski definition) is 1. The van der Waals surface area contributed by atoms with Gasteiger partial charge >= 0.3 is 0 Å². The number of aromatic nitrogens is 1. The lowest BCUT2D eigenvalue weighted by atomic mass is 10.1. The summed E-state index contributed by atoms with van der Waals surface area (Å²) in [5.41, 5.74) is 1.06. The molecular formula is C12H18N2OS. The fourth-order valence-electron chi connectivity index (χ4n) is 2.06. The van der Waals surface area contributed by atoms with E-state index in [0.717, 1.165) is 23.7 Å². The topological polar surface area (TPSA) is 42.0 Å². The predicted octanol–water partition coefficient (Wildman–Crippen LogP) is 2.01. The van der Waals surface area contributed by atoms with Crippen LogP contribution in [0.5, 0.6) is 0 Å². The van der Waals surface area contributed by atoms with Gasteiger partial charge in [0.1, 0.15) is 10.8 Å². The number of nitrogens with one attached hydrogen (secondary N) is 1. The average Bonchev–Trinajstić information content (AvgIpc) is 2.78. The Morgan fingerprint density at radius 1 is 1.56 bits per heavy atom. The summed E-state index contributed by atoms with van der Waals surface area (Å²) in [4.78, 5) is 17.4. The van der Waals surface area contributed by atoms with E-state index in [9.17, 15) is 4.79 Å². The molecule has 1 unspecified atom stereocenters. The summed E-state index contributed by atoms with van der Waals surface area (Å²) in [7, 11) is 0. The summed E-state index contributed by atoms with van der Waals surface area (Å²) in [6, 6.07) is 0.412. The molecule has 4 heteroatoms. The maximum Gasteiger partial charge on any atom is 0.141 e. The van der Waals surface area contributed by atoms with Gasteiger partial charge in [0.2, 0.25) is 0 Å². The number of thiazole rings is 1. The molecule has 1 aromatic heterocycles. The first-order valence-corrected chi connectivity index (χ1v) is 6.65. The summed E-state index contributed by atoms with van der Waals surface area (Å²) in [6.07, 6.45) is 3.52. The highest BCUT2D eigenvalue weighted by Gasteiger charge is 2.18. The van der Waals surface area contributed by atoms with Gasteiger partial charge in [-0.25, -0.2) is 4.98 Å². The van der Waals surface area contributed by atoms with Gasteiger partial charge < -0.3 is 5.32 Å². The molecule has 1 aromatic rings. The van der Waals surface area contributed by atoms with E-state index in [1.165, 1.54) is 11.3 Å². The fraction of sp³-hybridized carbons (Fsp3) is 0.667. The van der Waals surface area contributed by atoms with Crippen molar-refractivity contribution in [1.82, 2.24) is 10.3 Å². The van der Waals surface area contributed by atoms with Crippen LogP contribution in [-0.2, 0) is 11.2 Å². The highest BCUT2D eigenvalue weighted by molar-refractivity contribution is 7.11. The van der Waals surface area contributed by atoms with Gasteiger partial charge in [-0.2, -0.15) is 0 Å². The Kier molecular flexibility index (Phi) is 3.71. The maximum absolute atomic E-state index is 11.8. The van der Waals surface area contributed by atoms with Crippen molar-refractivity contribution in [2.75, 3.05) is 6.54 Å². The van der Waals surface area contributed by atoms with Gasteiger partial charge in [0.05, 0.1) is 12.1 Å². The molecule has 0 aromatic carbocycles. The molecule has 0 saturated carbocycles. The van der Waals surface area contributed by atoms with Crippen molar-refractivity contribution in [3.05, 3.63) is 15.6 Å². The third-order valence-corrected chi connectivity index (χ3v) is 4.13. The van der Waals surface area contributed by atoms with Crippen molar-refractivity contribution < 1.29 is 4.79 Å². The summed E-state index contributed by atoms with van der Waals surface area (Å²) < 4.78 is 0. The van der Waals surface area contributed by atoms with E-state index in [1.54, 1.807) is 11.3 Å². The molecule has 3 nitrogen and oxygen atoms in total. The van der Waals surface area contributed by atoms with Crippen LogP contribution in [0, 0.1) is 13.8 Å². The van der Waals surface area contributed by atoms with Crippen molar-refractivity contribution in [3.63, 3.8) is 0 Å². The molecule has 0 bridgehead atoms. The smallest absolute Gasteiger partial charge is 0.141 e. The average molecular weight is 238 g/mol. The molecular weight excluding hydrogens is 220 g/mol. The second kappa shape index (κ2) is 5.06. The highest BCUT2D eigenvalue weighted by Crippen LogP contribution is 2.18. The molecule has 0 radical (unpaired) electrons. The molecule has 1 atom stereocenters. The van der Waals surface area contributed by atoms with Crippen molar-refractivity contribution in [3.8, 4) is 0 Å². The molecule has 2 heterocycles. The Morgan fingerprint density at radius 3 is 2.94 bits per heavy atom. The van der Waals surface area contributed by atoms with E-state index >= 15 is 0 Å². The fourth-order valence-corrected chi connectivity index (χ4v) is 3.02. The lowest BCUT2D eigenvalue weighted by Crippen LogP contribution is -2.25. The zero-order valence-electron chi connectivity index (χ0n) is 9.88. The summed E-state index contributed by atoms with van der Waals surface area (Å²) in [6.45, 7) is 5.12. The van der Waals surface area contributed by atoms with Gasteiger partial charge in [-0.15, -0.1) is 11.3 Å². The first-order valence-electron chi connectivity index (χ1n) is 5.83. The monoisotopic (exact) mass is 238 g/mol. The van der Waals surface area contributed by atoms with E-state index in [2.05, 4.69) is 17.2 Å². The van der Waals surface area contributed by atoms with E-state index in [4.69, 9.17) is 0 Å². The Balaban J connectivity index is 1.86. The van der Waals surface area contributed by atoms with Crippen molar-refractivity contribution in [2.45, 2.75) is 45.6 Å². The first-order chi connectivity index (χ1) is 7.65. The third kappa shape index (κ3) is 2.89. The van der Waals surface area contributed by atoms with Gasteiger partial charge in [-0.05, 0) is 33.2 Å². The Labute approximate surface area is 100 Å². The zero-order valence-corrected chi connectivity index (χ0v) is 10.7. The lowest BCUT2D eigenvalue weighted by molar-refractivity contribution is -0.118. The Morgan fingerprint density at radius 2 is 2.38 bits per heavy atom. The molecule has 2 rings (SSSR count). The second-order valence-electron chi connectivity index (χ2n) is 4.46. The quantitative estimate of drug-likeness (QED) is 0.872. The van der Waals surface area contributed by atoms with E-state index in [-0.39, 0.29) is 0 Å². The summed E-state index contributed by atoms with van der Waals surface area (Å²) in [5.74, 6) is 0.313. The first kappa shape index (κ1) is 11.7. The van der Waals surface area contributed by atoms with Crippen LogP contribution in [-0.4, -0.2) is 23.4 Å². The number of Topliss-reactive ketones (excluding diaryl/α,β-unsaturated/α-hetero) is 1. The van der Waals surface area contributed by atoms with Crippen LogP contribution in [0.4, 0.5) is 0 Å². The van der Waals surface area contributed by atoms with Crippen LogP contribution in [0.15, 0.2) is 0 Å². The summed E-state index contributed by atoms with van der Waals surface area (Å²) >= 11 is 1.65. The van der Waals surface area contributed by atoms with E-state index < -0.39 is 0 Å². The number of carbonyl (C=O) groups is 1. The van der Waals surface area contributed by atoms with Gasteiger partial charge in [0.15, 0.2) is 0 Å². The normalized spacial score (nSPS) is 20.2. The molecule has 1 saturated heterocycles. The number of nitrogens with zero attached hydrogens (tertiary/aromatic N) is 1. The minimum absolute atomic E-state index is 0.313. The molecule has 1 N–H and O–H groups in total. The SMILES string of the molecule is Cc1nc(CC(=O)CC2CCCN2)sc1C. The number of aryl methyl sites for hydroxylation is 2. The van der Waals surface area contributed by atoms with Crippen LogP contribution in [0.2, 0.25) is 0 Å². The number of hydrogen-bond acceptors (Lipinski definition) is 4. The number of rotatable bonds is 4. The summed E-state index contributed by atoms with van der Waals surface area (Å²) in [5, 5.41) is 4.32. The molecule has 0 spiro atoms. The highest BCUT2D eigenvalue weighted by atomic mass is 32.1. The van der Waals surface area contributed by atoms with E-state index in [0.29, 0.717) is 24.7 Å². The minimum atomic E-state index is 0.313. The molecule has 1 fully saturated rings. The zero-order chi connectivity index (χ0) is 11.5. The Bertz CT molecular complexity index is 361. The molecule has 0 aliphatic carbocycles. The second-order valence-corrected chi connectivity index (χ2v) is 5.75. The van der Waals surface area contributed by atoms with Crippen LogP contribution in [0.25, 0.3) is 0 Å². The van der Waals surface area contributed by atoms with Gasteiger partial charge in [-0.3, -0.25) is 4.79 Å². The maximum atomic E-state index is 11.8. The van der Waals surface area contributed by atoms with Gasteiger partial charge in [0.25, 0.3) is 0 Å². The lowest BCUT2D eigenvalue weighted by Gasteiger charge is -2.07. The van der Waals surface area contributed by atoms with Gasteiger partial charge in [0, 0.05) is 17.3 Å². The number of ketones is 1. The standard InChI is InChI=1S/C12H18N2OS/c1-8-9(2)16-12(14-8)7-11(15)6-10-4-3-5-13-10/h10,13H,3-7H2,1-2H3. The largest absolute Gasteiger partial charge is 0.314 e. The van der Waals surface area contributed by atoms with Crippen molar-refractivity contribution >= 4 is 17.1 Å². The van der Waals surface area contributed by atoms with Crippen LogP contribution < -0.4 is 5.32 Å². The van der Waals surface area contributed by atoms with E-state index in [1.807, 2.05) is 6.92 Å². The third-order valence-electron chi connectivity index (χ3n) is 3.06. The molecule has 0 amide bonds. The van der Waals surface area contributed by atoms with Crippen LogP contribution in [0.3, 0.4) is 0 Å². The molecule has 1 aliphatic heterocycles. The number of carbonyl (C=O) groups excluding carboxylic acids is 1. The van der Waals surface area contributed by atoms with Crippen molar-refractivity contribution in [1.29, 1.82) is 0 Å². The van der Waals surface area contributed by atoms with Crippen molar-refractivity contribution in [2.24, 2.45) is 0 Å². The van der Waals surface area contributed by atoms with Crippen LogP contribution >= 0.6 is 11.3 Å². The molecule has 1 aliphatic rings. The molecule has 16 heavy (non-hydrogen) atoms. The van der Waals surface area contributed by atoms with Crippen LogP contribution in [0.1, 0.15) is 34.8 Å². The molecule has 88 valence electrons. The minimum Gasteiger partial charge on any atom is -0.314 e.